The molecular formula is C22H27N3O2S. The van der Waals surface area contributed by atoms with Gasteiger partial charge in [0, 0.05) is 42.4 Å². The molecule has 3 rings (SSSR count). The van der Waals surface area contributed by atoms with Gasteiger partial charge < -0.3 is 13.9 Å². The summed E-state index contributed by atoms with van der Waals surface area (Å²) in [6.45, 7) is 7.88. The van der Waals surface area contributed by atoms with Crippen LogP contribution in [0.15, 0.2) is 47.9 Å². The molecule has 148 valence electrons. The molecule has 6 heteroatoms. The molecule has 5 nitrogen and oxygen atoms in total. The van der Waals surface area contributed by atoms with Crippen molar-refractivity contribution in [1.82, 2.24) is 14.1 Å². The van der Waals surface area contributed by atoms with E-state index in [1.54, 1.807) is 13.3 Å². The van der Waals surface area contributed by atoms with Gasteiger partial charge in [0.25, 0.3) is 0 Å². The smallest absolute Gasteiger partial charge is 0.175 e. The number of ketones is 1. The summed E-state index contributed by atoms with van der Waals surface area (Å²) in [4.78, 5) is 17.1. The first kappa shape index (κ1) is 20.3. The number of aromatic nitrogens is 3. The van der Waals surface area contributed by atoms with Crippen molar-refractivity contribution in [2.75, 3.05) is 12.9 Å². The largest absolute Gasteiger partial charge is 0.497 e. The second kappa shape index (κ2) is 9.15. The summed E-state index contributed by atoms with van der Waals surface area (Å²) < 4.78 is 9.50. The Bertz CT molecular complexity index is 941. The van der Waals surface area contributed by atoms with Gasteiger partial charge >= 0.3 is 0 Å². The molecule has 0 aliphatic rings. The van der Waals surface area contributed by atoms with Crippen molar-refractivity contribution >= 4 is 17.5 Å². The van der Waals surface area contributed by atoms with E-state index in [1.165, 1.54) is 17.3 Å². The SMILES string of the molecule is CCn1ccnc1SCC(=O)c1cc(C)n(CCc2ccc(OC)cc2)c1C. The lowest BCUT2D eigenvalue weighted by molar-refractivity contribution is 0.102. The fraction of sp³-hybridized carbons (Fsp3) is 0.364. The van der Waals surface area contributed by atoms with Gasteiger partial charge in [0.2, 0.25) is 0 Å². The van der Waals surface area contributed by atoms with Gasteiger partial charge in [0.05, 0.1) is 12.9 Å². The molecule has 28 heavy (non-hydrogen) atoms. The molecule has 0 spiro atoms. The maximum atomic E-state index is 12.8. The van der Waals surface area contributed by atoms with Crippen LogP contribution in [0, 0.1) is 13.8 Å². The zero-order valence-corrected chi connectivity index (χ0v) is 17.8. The summed E-state index contributed by atoms with van der Waals surface area (Å²) in [5.41, 5.74) is 4.22. The van der Waals surface area contributed by atoms with Crippen LogP contribution in [-0.2, 0) is 19.5 Å². The summed E-state index contributed by atoms with van der Waals surface area (Å²) >= 11 is 1.50. The third-order valence-electron chi connectivity index (χ3n) is 5.01. The van der Waals surface area contributed by atoms with Crippen LogP contribution in [0.2, 0.25) is 0 Å². The van der Waals surface area contributed by atoms with Crippen LogP contribution in [0.4, 0.5) is 0 Å². The van der Waals surface area contributed by atoms with Gasteiger partial charge in [0.1, 0.15) is 5.75 Å². The molecule has 0 aliphatic carbocycles. The number of Topliss-reactive ketones (excluding diaryl/α,β-unsaturated/α-hetero) is 1. The van der Waals surface area contributed by atoms with E-state index in [0.29, 0.717) is 5.75 Å². The molecule has 0 unspecified atom stereocenters. The van der Waals surface area contributed by atoms with Gasteiger partial charge in [-0.15, -0.1) is 0 Å². The molecule has 2 aromatic heterocycles. The zero-order valence-electron chi connectivity index (χ0n) is 16.9. The monoisotopic (exact) mass is 397 g/mol. The standard InChI is InChI=1S/C22H27N3O2S/c1-5-24-13-11-23-22(24)28-15-21(26)20-14-16(2)25(17(20)3)12-10-18-6-8-19(27-4)9-7-18/h6-9,11,13-14H,5,10,12,15H2,1-4H3. The second-order valence-electron chi connectivity index (χ2n) is 6.74. The number of ether oxygens (including phenoxy) is 1. The van der Waals surface area contributed by atoms with E-state index >= 15 is 0 Å². The number of aryl methyl sites for hydroxylation is 3. The van der Waals surface area contributed by atoms with Gasteiger partial charge in [-0.25, -0.2) is 4.98 Å². The van der Waals surface area contributed by atoms with Crippen molar-refractivity contribution < 1.29 is 9.53 Å². The lowest BCUT2D eigenvalue weighted by Gasteiger charge is -2.10. The second-order valence-corrected chi connectivity index (χ2v) is 7.68. The molecule has 0 atom stereocenters. The summed E-state index contributed by atoms with van der Waals surface area (Å²) in [5, 5.41) is 0.893. The molecule has 0 aliphatic heterocycles. The number of methoxy groups -OCH3 is 1. The van der Waals surface area contributed by atoms with Gasteiger partial charge in [0.15, 0.2) is 10.9 Å². The van der Waals surface area contributed by atoms with Gasteiger partial charge in [-0.1, -0.05) is 23.9 Å². The van der Waals surface area contributed by atoms with E-state index in [1.807, 2.05) is 31.3 Å². The van der Waals surface area contributed by atoms with Gasteiger partial charge in [-0.05, 0) is 51.0 Å². The Morgan fingerprint density at radius 2 is 1.96 bits per heavy atom. The highest BCUT2D eigenvalue weighted by Crippen LogP contribution is 2.22. The topological polar surface area (TPSA) is 49.0 Å². The zero-order chi connectivity index (χ0) is 20.1. The third-order valence-corrected chi connectivity index (χ3v) is 6.01. The summed E-state index contributed by atoms with van der Waals surface area (Å²) in [5.74, 6) is 1.42. The number of carbonyl (C=O) groups is 1. The summed E-state index contributed by atoms with van der Waals surface area (Å²) in [6, 6.07) is 10.2. The number of benzene rings is 1. The number of rotatable bonds is 9. The molecule has 0 amide bonds. The molecule has 0 radical (unpaired) electrons. The minimum absolute atomic E-state index is 0.152. The molecule has 0 bridgehead atoms. The molecule has 1 aromatic carbocycles. The quantitative estimate of drug-likeness (QED) is 0.393. The van der Waals surface area contributed by atoms with E-state index in [0.717, 1.165) is 47.4 Å². The average Bonchev–Trinajstić information content (AvgIpc) is 3.28. The molecule has 0 saturated heterocycles. The Balaban J connectivity index is 1.65. The molecule has 0 saturated carbocycles. The maximum absolute atomic E-state index is 12.8. The van der Waals surface area contributed by atoms with Crippen LogP contribution in [0.3, 0.4) is 0 Å². The Morgan fingerprint density at radius 3 is 2.64 bits per heavy atom. The number of hydrogen-bond acceptors (Lipinski definition) is 4. The predicted molar refractivity (Wildman–Crippen MR) is 114 cm³/mol. The highest BCUT2D eigenvalue weighted by Gasteiger charge is 2.17. The van der Waals surface area contributed by atoms with Crippen LogP contribution in [0.5, 0.6) is 5.75 Å². The molecule has 0 N–H and O–H groups in total. The number of carbonyl (C=O) groups excluding carboxylic acids is 1. The fourth-order valence-corrected chi connectivity index (χ4v) is 4.25. The number of imidazole rings is 1. The number of thioether (sulfide) groups is 1. The van der Waals surface area contributed by atoms with E-state index in [-0.39, 0.29) is 5.78 Å². The van der Waals surface area contributed by atoms with Crippen molar-refractivity contribution in [2.24, 2.45) is 0 Å². The Hall–Kier alpha value is -2.47. The Kier molecular flexibility index (Phi) is 6.62. The van der Waals surface area contributed by atoms with E-state index in [4.69, 9.17) is 4.74 Å². The maximum Gasteiger partial charge on any atom is 0.175 e. The first-order valence-electron chi connectivity index (χ1n) is 9.50. The summed E-state index contributed by atoms with van der Waals surface area (Å²) in [7, 11) is 1.67. The van der Waals surface area contributed by atoms with E-state index in [9.17, 15) is 4.79 Å². The number of hydrogen-bond donors (Lipinski definition) is 0. The van der Waals surface area contributed by atoms with Crippen molar-refractivity contribution in [3.8, 4) is 5.75 Å². The van der Waals surface area contributed by atoms with Crippen molar-refractivity contribution in [2.45, 2.75) is 45.4 Å². The molecule has 3 aromatic rings. The number of nitrogens with zero attached hydrogens (tertiary/aromatic N) is 3. The van der Waals surface area contributed by atoms with Gasteiger partial charge in [-0.2, -0.15) is 0 Å². The van der Waals surface area contributed by atoms with Crippen molar-refractivity contribution in [3.63, 3.8) is 0 Å². The average molecular weight is 398 g/mol. The van der Waals surface area contributed by atoms with E-state index in [2.05, 4.69) is 40.1 Å². The van der Waals surface area contributed by atoms with E-state index < -0.39 is 0 Å². The molecular weight excluding hydrogens is 370 g/mol. The minimum atomic E-state index is 0.152. The van der Waals surface area contributed by atoms with Gasteiger partial charge in [-0.3, -0.25) is 4.79 Å². The van der Waals surface area contributed by atoms with Crippen LogP contribution in [0.25, 0.3) is 0 Å². The molecule has 2 heterocycles. The van der Waals surface area contributed by atoms with Crippen molar-refractivity contribution in [1.29, 1.82) is 0 Å². The highest BCUT2D eigenvalue weighted by atomic mass is 32.2. The predicted octanol–water partition coefficient (Wildman–Crippen LogP) is 4.55. The van der Waals surface area contributed by atoms with Crippen LogP contribution >= 0.6 is 11.8 Å². The minimum Gasteiger partial charge on any atom is -0.497 e. The van der Waals surface area contributed by atoms with Crippen LogP contribution in [0.1, 0.15) is 34.2 Å². The summed E-state index contributed by atoms with van der Waals surface area (Å²) in [6.07, 6.45) is 4.63. The lowest BCUT2D eigenvalue weighted by Crippen LogP contribution is -2.09. The third kappa shape index (κ3) is 4.50. The van der Waals surface area contributed by atoms with Crippen LogP contribution in [-0.4, -0.2) is 32.8 Å². The fourth-order valence-electron chi connectivity index (χ4n) is 3.34. The lowest BCUT2D eigenvalue weighted by atomic mass is 10.1. The van der Waals surface area contributed by atoms with Crippen molar-refractivity contribution in [3.05, 3.63) is 65.2 Å². The molecule has 0 fully saturated rings. The Morgan fingerprint density at radius 1 is 1.21 bits per heavy atom. The first-order valence-corrected chi connectivity index (χ1v) is 10.5. The highest BCUT2D eigenvalue weighted by molar-refractivity contribution is 7.99. The normalized spacial score (nSPS) is 11.0. The first-order chi connectivity index (χ1) is 13.5. The van der Waals surface area contributed by atoms with Crippen LogP contribution < -0.4 is 4.74 Å². The Labute approximate surface area is 170 Å².